The highest BCUT2D eigenvalue weighted by atomic mass is 79.9. The molecule has 0 radical (unpaired) electrons. The first-order chi connectivity index (χ1) is 10.1. The van der Waals surface area contributed by atoms with Crippen LogP contribution in [0.5, 0.6) is 0 Å². The molecule has 108 valence electrons. The summed E-state index contributed by atoms with van der Waals surface area (Å²) in [7, 11) is 0. The van der Waals surface area contributed by atoms with Gasteiger partial charge in [-0.15, -0.1) is 0 Å². The second kappa shape index (κ2) is 5.65. The Balaban J connectivity index is 1.73. The summed E-state index contributed by atoms with van der Waals surface area (Å²) in [5.74, 6) is -0.434. The summed E-state index contributed by atoms with van der Waals surface area (Å²) < 4.78 is 0.828. The van der Waals surface area contributed by atoms with Gasteiger partial charge in [-0.25, -0.2) is 5.10 Å². The van der Waals surface area contributed by atoms with Crippen LogP contribution < -0.4 is 10.2 Å². The SMILES string of the molecule is O=C(Nc1ncn[nH]1)[C@@H]1CC(=O)N(c2ccccc2Br)C1. The Morgan fingerprint density at radius 1 is 1.43 bits per heavy atom. The lowest BCUT2D eigenvalue weighted by molar-refractivity contribution is -0.122. The smallest absolute Gasteiger partial charge is 0.232 e. The lowest BCUT2D eigenvalue weighted by Crippen LogP contribution is -2.28. The number of benzene rings is 1. The van der Waals surface area contributed by atoms with Crippen molar-refractivity contribution >= 4 is 39.4 Å². The van der Waals surface area contributed by atoms with Crippen LogP contribution in [0.25, 0.3) is 0 Å². The minimum Gasteiger partial charge on any atom is -0.310 e. The predicted octanol–water partition coefficient (Wildman–Crippen LogP) is 1.56. The fraction of sp³-hybridized carbons (Fsp3) is 0.231. The lowest BCUT2D eigenvalue weighted by Gasteiger charge is -2.18. The molecule has 3 rings (SSSR count). The number of carbonyl (C=O) groups is 2. The minimum atomic E-state index is -0.408. The van der Waals surface area contributed by atoms with Gasteiger partial charge >= 0.3 is 0 Å². The molecule has 1 aliphatic heterocycles. The van der Waals surface area contributed by atoms with Gasteiger partial charge in [0.1, 0.15) is 6.33 Å². The van der Waals surface area contributed by atoms with Crippen LogP contribution in [0.1, 0.15) is 6.42 Å². The highest BCUT2D eigenvalue weighted by Crippen LogP contribution is 2.31. The Labute approximate surface area is 128 Å². The maximum atomic E-state index is 12.1. The van der Waals surface area contributed by atoms with E-state index in [2.05, 4.69) is 36.4 Å². The van der Waals surface area contributed by atoms with Crippen LogP contribution >= 0.6 is 15.9 Å². The molecule has 0 bridgehead atoms. The maximum absolute atomic E-state index is 12.1. The number of halogens is 1. The monoisotopic (exact) mass is 349 g/mol. The second-order valence-corrected chi connectivity index (χ2v) is 5.53. The second-order valence-electron chi connectivity index (χ2n) is 4.68. The topological polar surface area (TPSA) is 91.0 Å². The van der Waals surface area contributed by atoms with E-state index in [1.165, 1.54) is 6.33 Å². The molecule has 0 saturated carbocycles. The third-order valence-electron chi connectivity index (χ3n) is 3.30. The van der Waals surface area contributed by atoms with E-state index in [0.29, 0.717) is 6.54 Å². The van der Waals surface area contributed by atoms with Crippen LogP contribution in [-0.2, 0) is 9.59 Å². The average molecular weight is 350 g/mol. The van der Waals surface area contributed by atoms with Gasteiger partial charge in [0.25, 0.3) is 0 Å². The molecule has 2 heterocycles. The molecule has 2 aromatic rings. The van der Waals surface area contributed by atoms with Gasteiger partial charge in [-0.3, -0.25) is 14.9 Å². The van der Waals surface area contributed by atoms with Gasteiger partial charge in [0, 0.05) is 17.4 Å². The summed E-state index contributed by atoms with van der Waals surface area (Å²) in [5.41, 5.74) is 0.775. The maximum Gasteiger partial charge on any atom is 0.232 e. The average Bonchev–Trinajstić information content (AvgIpc) is 3.09. The number of rotatable bonds is 3. The van der Waals surface area contributed by atoms with Gasteiger partial charge < -0.3 is 4.90 Å². The van der Waals surface area contributed by atoms with Crippen LogP contribution in [-0.4, -0.2) is 33.5 Å². The first-order valence-electron chi connectivity index (χ1n) is 6.36. The van der Waals surface area contributed by atoms with Crippen molar-refractivity contribution in [3.8, 4) is 0 Å². The molecule has 8 heteroatoms. The van der Waals surface area contributed by atoms with Crippen LogP contribution in [0.4, 0.5) is 11.6 Å². The number of hydrogen-bond acceptors (Lipinski definition) is 4. The van der Waals surface area contributed by atoms with E-state index in [1.807, 2.05) is 24.3 Å². The number of para-hydroxylation sites is 1. The predicted molar refractivity (Wildman–Crippen MR) is 79.6 cm³/mol. The Morgan fingerprint density at radius 2 is 2.24 bits per heavy atom. The molecule has 1 fully saturated rings. The summed E-state index contributed by atoms with van der Waals surface area (Å²) in [6.07, 6.45) is 1.49. The zero-order chi connectivity index (χ0) is 14.8. The first kappa shape index (κ1) is 13.7. The van der Waals surface area contributed by atoms with E-state index >= 15 is 0 Å². The van der Waals surface area contributed by atoms with E-state index in [9.17, 15) is 9.59 Å². The van der Waals surface area contributed by atoms with Crippen molar-refractivity contribution in [3.05, 3.63) is 35.1 Å². The number of aromatic nitrogens is 3. The molecular formula is C13H12BrN5O2. The Morgan fingerprint density at radius 3 is 2.95 bits per heavy atom. The standard InChI is InChI=1S/C13H12BrN5O2/c14-9-3-1-2-4-10(9)19-6-8(5-11(19)20)12(21)17-13-15-7-16-18-13/h1-4,7-8H,5-6H2,(H2,15,16,17,18,21)/t8-/m1/s1. The Kier molecular flexibility index (Phi) is 3.70. The van der Waals surface area contributed by atoms with Crippen LogP contribution in [0, 0.1) is 5.92 Å². The summed E-state index contributed by atoms with van der Waals surface area (Å²) in [6.45, 7) is 0.349. The summed E-state index contributed by atoms with van der Waals surface area (Å²) in [5, 5.41) is 8.82. The van der Waals surface area contributed by atoms with Crippen molar-refractivity contribution in [1.29, 1.82) is 0 Å². The number of amides is 2. The van der Waals surface area contributed by atoms with Crippen LogP contribution in [0.2, 0.25) is 0 Å². The zero-order valence-electron chi connectivity index (χ0n) is 10.9. The number of anilines is 2. The number of hydrogen-bond donors (Lipinski definition) is 2. The van der Waals surface area contributed by atoms with Crippen molar-refractivity contribution in [2.75, 3.05) is 16.8 Å². The largest absolute Gasteiger partial charge is 0.310 e. The molecule has 1 aliphatic rings. The molecule has 1 aromatic carbocycles. The fourth-order valence-corrected chi connectivity index (χ4v) is 2.77. The normalized spacial score (nSPS) is 18.0. The van der Waals surface area contributed by atoms with Crippen molar-refractivity contribution in [1.82, 2.24) is 15.2 Å². The third-order valence-corrected chi connectivity index (χ3v) is 3.97. The van der Waals surface area contributed by atoms with Crippen molar-refractivity contribution < 1.29 is 9.59 Å². The van der Waals surface area contributed by atoms with Crippen LogP contribution in [0.3, 0.4) is 0 Å². The molecule has 7 nitrogen and oxygen atoms in total. The van der Waals surface area contributed by atoms with E-state index in [1.54, 1.807) is 4.90 Å². The van der Waals surface area contributed by atoms with Crippen molar-refractivity contribution in [3.63, 3.8) is 0 Å². The first-order valence-corrected chi connectivity index (χ1v) is 7.15. The summed E-state index contributed by atoms with van der Waals surface area (Å²) in [4.78, 5) is 29.7. The molecule has 0 aliphatic carbocycles. The van der Waals surface area contributed by atoms with E-state index < -0.39 is 5.92 Å². The van der Waals surface area contributed by atoms with Gasteiger partial charge in [-0.05, 0) is 28.1 Å². The Hall–Kier alpha value is -2.22. The van der Waals surface area contributed by atoms with Crippen LogP contribution in [0.15, 0.2) is 35.1 Å². The number of nitrogens with zero attached hydrogens (tertiary/aromatic N) is 3. The summed E-state index contributed by atoms with van der Waals surface area (Å²) in [6, 6.07) is 7.45. The molecule has 21 heavy (non-hydrogen) atoms. The molecule has 0 spiro atoms. The highest BCUT2D eigenvalue weighted by molar-refractivity contribution is 9.10. The molecule has 1 saturated heterocycles. The van der Waals surface area contributed by atoms with Gasteiger partial charge in [-0.2, -0.15) is 10.1 Å². The van der Waals surface area contributed by atoms with E-state index in [-0.39, 0.29) is 24.2 Å². The number of carbonyl (C=O) groups excluding carboxylic acids is 2. The van der Waals surface area contributed by atoms with Gasteiger partial charge in [-0.1, -0.05) is 12.1 Å². The number of H-pyrrole nitrogens is 1. The van der Waals surface area contributed by atoms with Gasteiger partial charge in [0.15, 0.2) is 0 Å². The Bertz CT molecular complexity index is 673. The van der Waals surface area contributed by atoms with E-state index in [4.69, 9.17) is 0 Å². The molecule has 1 atom stereocenters. The number of aromatic amines is 1. The van der Waals surface area contributed by atoms with Gasteiger partial charge in [0.05, 0.1) is 11.6 Å². The molecule has 2 amide bonds. The lowest BCUT2D eigenvalue weighted by atomic mass is 10.1. The molecule has 1 aromatic heterocycles. The zero-order valence-corrected chi connectivity index (χ0v) is 12.5. The quantitative estimate of drug-likeness (QED) is 0.879. The van der Waals surface area contributed by atoms with Gasteiger partial charge in [0.2, 0.25) is 17.8 Å². The summed E-state index contributed by atoms with van der Waals surface area (Å²) >= 11 is 3.42. The van der Waals surface area contributed by atoms with Crippen molar-refractivity contribution in [2.45, 2.75) is 6.42 Å². The number of nitrogens with one attached hydrogen (secondary N) is 2. The fourth-order valence-electron chi connectivity index (χ4n) is 2.27. The molecular weight excluding hydrogens is 338 g/mol. The minimum absolute atomic E-state index is 0.0698. The molecule has 0 unspecified atom stereocenters. The third kappa shape index (κ3) is 2.80. The van der Waals surface area contributed by atoms with Crippen molar-refractivity contribution in [2.24, 2.45) is 5.92 Å². The highest BCUT2D eigenvalue weighted by Gasteiger charge is 2.36. The van der Waals surface area contributed by atoms with E-state index in [0.717, 1.165) is 10.2 Å². The molecule has 2 N–H and O–H groups in total.